The molecule has 0 aliphatic rings. The molecule has 0 aliphatic carbocycles. The summed E-state index contributed by atoms with van der Waals surface area (Å²) in [6, 6.07) is 9.21. The molecule has 0 saturated carbocycles. The molecule has 2 aromatic heterocycles. The van der Waals surface area contributed by atoms with Crippen molar-refractivity contribution >= 4 is 22.5 Å². The molecular formula is C16H16N4O3. The Hall–Kier alpha value is -2.96. The van der Waals surface area contributed by atoms with Gasteiger partial charge in [-0.05, 0) is 26.0 Å². The number of aryl methyl sites for hydroxylation is 2. The molecule has 0 atom stereocenters. The molecule has 0 saturated heterocycles. The van der Waals surface area contributed by atoms with Crippen LogP contribution in [0, 0.1) is 13.8 Å². The van der Waals surface area contributed by atoms with Gasteiger partial charge < -0.3 is 9.42 Å². The number of fused-ring (bicyclic) bond motifs is 1. The fraction of sp³-hybridized carbons (Fsp3) is 0.250. The molecule has 0 unspecified atom stereocenters. The van der Waals surface area contributed by atoms with Gasteiger partial charge in [0.2, 0.25) is 5.91 Å². The van der Waals surface area contributed by atoms with Crippen molar-refractivity contribution in [1.82, 2.24) is 14.9 Å². The SMILES string of the molecule is Cc1nn(CC(=O)N(C)c2ccccc2)c(=O)c2noc(C)c12. The number of carbonyl (C=O) groups is 1. The number of rotatable bonds is 3. The predicted octanol–water partition coefficient (Wildman–Crippen LogP) is 1.66. The van der Waals surface area contributed by atoms with Crippen molar-refractivity contribution in [3.05, 3.63) is 52.1 Å². The van der Waals surface area contributed by atoms with Crippen molar-refractivity contribution in [3.63, 3.8) is 0 Å². The van der Waals surface area contributed by atoms with Gasteiger partial charge in [0, 0.05) is 12.7 Å². The van der Waals surface area contributed by atoms with E-state index in [4.69, 9.17) is 4.52 Å². The Balaban J connectivity index is 1.94. The fourth-order valence-corrected chi connectivity index (χ4v) is 2.48. The Kier molecular flexibility index (Phi) is 3.69. The summed E-state index contributed by atoms with van der Waals surface area (Å²) < 4.78 is 6.18. The number of hydrogen-bond donors (Lipinski definition) is 0. The molecule has 1 aromatic carbocycles. The zero-order valence-corrected chi connectivity index (χ0v) is 13.1. The molecule has 2 heterocycles. The van der Waals surface area contributed by atoms with Crippen LogP contribution in [-0.2, 0) is 11.3 Å². The van der Waals surface area contributed by atoms with E-state index >= 15 is 0 Å². The highest BCUT2D eigenvalue weighted by molar-refractivity contribution is 5.92. The second-order valence-electron chi connectivity index (χ2n) is 5.30. The van der Waals surface area contributed by atoms with Gasteiger partial charge >= 0.3 is 0 Å². The summed E-state index contributed by atoms with van der Waals surface area (Å²) in [6.45, 7) is 3.32. The highest BCUT2D eigenvalue weighted by Crippen LogP contribution is 2.16. The zero-order valence-electron chi connectivity index (χ0n) is 13.1. The van der Waals surface area contributed by atoms with Crippen LogP contribution in [0.4, 0.5) is 5.69 Å². The summed E-state index contributed by atoms with van der Waals surface area (Å²) in [5.41, 5.74) is 1.12. The first kappa shape index (κ1) is 15.0. The van der Waals surface area contributed by atoms with E-state index in [-0.39, 0.29) is 18.0 Å². The molecule has 0 fully saturated rings. The van der Waals surface area contributed by atoms with Crippen LogP contribution in [0.5, 0.6) is 0 Å². The van der Waals surface area contributed by atoms with Crippen molar-refractivity contribution in [2.75, 3.05) is 11.9 Å². The molecule has 3 aromatic rings. The summed E-state index contributed by atoms with van der Waals surface area (Å²) in [4.78, 5) is 26.3. The van der Waals surface area contributed by atoms with E-state index in [1.807, 2.05) is 30.3 Å². The van der Waals surface area contributed by atoms with Gasteiger partial charge in [-0.2, -0.15) is 5.10 Å². The molecule has 118 valence electrons. The lowest BCUT2D eigenvalue weighted by atomic mass is 10.2. The molecule has 0 spiro atoms. The number of benzene rings is 1. The van der Waals surface area contributed by atoms with Crippen molar-refractivity contribution < 1.29 is 9.32 Å². The van der Waals surface area contributed by atoms with Crippen LogP contribution in [0.25, 0.3) is 10.9 Å². The third-order valence-corrected chi connectivity index (χ3v) is 3.73. The number of carbonyl (C=O) groups excluding carboxylic acids is 1. The molecule has 23 heavy (non-hydrogen) atoms. The summed E-state index contributed by atoms with van der Waals surface area (Å²) in [5.74, 6) is 0.298. The maximum absolute atomic E-state index is 12.4. The monoisotopic (exact) mass is 312 g/mol. The third-order valence-electron chi connectivity index (χ3n) is 3.73. The van der Waals surface area contributed by atoms with E-state index in [9.17, 15) is 9.59 Å². The van der Waals surface area contributed by atoms with Crippen molar-refractivity contribution in [1.29, 1.82) is 0 Å². The average molecular weight is 312 g/mol. The van der Waals surface area contributed by atoms with Crippen LogP contribution >= 0.6 is 0 Å². The first-order chi connectivity index (χ1) is 11.0. The minimum atomic E-state index is -0.433. The lowest BCUT2D eigenvalue weighted by Crippen LogP contribution is -2.35. The predicted molar refractivity (Wildman–Crippen MR) is 85.4 cm³/mol. The van der Waals surface area contributed by atoms with Gasteiger partial charge in [0.1, 0.15) is 12.3 Å². The second-order valence-corrected chi connectivity index (χ2v) is 5.30. The topological polar surface area (TPSA) is 81.2 Å². The van der Waals surface area contributed by atoms with E-state index in [2.05, 4.69) is 10.3 Å². The van der Waals surface area contributed by atoms with Crippen LogP contribution < -0.4 is 10.5 Å². The maximum Gasteiger partial charge on any atom is 0.297 e. The molecule has 0 radical (unpaired) electrons. The molecule has 7 heteroatoms. The average Bonchev–Trinajstić information content (AvgIpc) is 2.95. The van der Waals surface area contributed by atoms with E-state index in [1.165, 1.54) is 4.90 Å². The Morgan fingerprint density at radius 2 is 1.96 bits per heavy atom. The van der Waals surface area contributed by atoms with Crippen molar-refractivity contribution in [2.45, 2.75) is 20.4 Å². The van der Waals surface area contributed by atoms with Crippen LogP contribution in [0.3, 0.4) is 0 Å². The number of anilines is 1. The largest absolute Gasteiger partial charge is 0.360 e. The Morgan fingerprint density at radius 3 is 2.65 bits per heavy atom. The molecule has 1 amide bonds. The molecule has 3 rings (SSSR count). The zero-order chi connectivity index (χ0) is 16.6. The Morgan fingerprint density at radius 1 is 1.26 bits per heavy atom. The number of para-hydroxylation sites is 1. The van der Waals surface area contributed by atoms with Gasteiger partial charge in [-0.3, -0.25) is 9.59 Å². The first-order valence-electron chi connectivity index (χ1n) is 7.14. The minimum absolute atomic E-state index is 0.160. The third kappa shape index (κ3) is 2.61. The van der Waals surface area contributed by atoms with Crippen molar-refractivity contribution in [2.24, 2.45) is 0 Å². The van der Waals surface area contributed by atoms with E-state index in [0.29, 0.717) is 16.8 Å². The van der Waals surface area contributed by atoms with Crippen LogP contribution in [-0.4, -0.2) is 27.9 Å². The lowest BCUT2D eigenvalue weighted by Gasteiger charge is -2.17. The molecule has 0 aliphatic heterocycles. The van der Waals surface area contributed by atoms with Crippen LogP contribution in [0.2, 0.25) is 0 Å². The Bertz CT molecular complexity index is 928. The highest BCUT2D eigenvalue weighted by Gasteiger charge is 2.18. The standard InChI is InChI=1S/C16H16N4O3/c1-10-14-11(2)23-18-15(14)16(22)20(17-10)9-13(21)19(3)12-7-5-4-6-8-12/h4-8H,9H2,1-3H3. The van der Waals surface area contributed by atoms with Crippen LogP contribution in [0.1, 0.15) is 11.5 Å². The maximum atomic E-state index is 12.4. The number of amides is 1. The normalized spacial score (nSPS) is 10.9. The van der Waals surface area contributed by atoms with Crippen LogP contribution in [0.15, 0.2) is 39.6 Å². The highest BCUT2D eigenvalue weighted by atomic mass is 16.5. The van der Waals surface area contributed by atoms with Gasteiger partial charge in [-0.25, -0.2) is 4.68 Å². The lowest BCUT2D eigenvalue weighted by molar-refractivity contribution is -0.119. The summed E-state index contributed by atoms with van der Waals surface area (Å²) in [5, 5.41) is 8.59. The quantitative estimate of drug-likeness (QED) is 0.734. The van der Waals surface area contributed by atoms with Gasteiger partial charge in [0.25, 0.3) is 5.56 Å². The first-order valence-corrected chi connectivity index (χ1v) is 7.14. The smallest absolute Gasteiger partial charge is 0.297 e. The fourth-order valence-electron chi connectivity index (χ4n) is 2.48. The molecule has 0 bridgehead atoms. The number of aromatic nitrogens is 3. The summed E-state index contributed by atoms with van der Waals surface area (Å²) in [7, 11) is 1.66. The summed E-state index contributed by atoms with van der Waals surface area (Å²) >= 11 is 0. The van der Waals surface area contributed by atoms with E-state index in [1.54, 1.807) is 20.9 Å². The van der Waals surface area contributed by atoms with E-state index < -0.39 is 5.56 Å². The van der Waals surface area contributed by atoms with Gasteiger partial charge in [0.15, 0.2) is 5.52 Å². The Labute approximate surface area is 132 Å². The number of hydrogen-bond acceptors (Lipinski definition) is 5. The number of likely N-dealkylation sites (N-methyl/N-ethyl adjacent to an activating group) is 1. The molecule has 7 nitrogen and oxygen atoms in total. The molecular weight excluding hydrogens is 296 g/mol. The number of nitrogens with zero attached hydrogens (tertiary/aromatic N) is 4. The van der Waals surface area contributed by atoms with Gasteiger partial charge in [0.05, 0.1) is 11.1 Å². The minimum Gasteiger partial charge on any atom is -0.360 e. The van der Waals surface area contributed by atoms with Crippen molar-refractivity contribution in [3.8, 4) is 0 Å². The molecule has 0 N–H and O–H groups in total. The van der Waals surface area contributed by atoms with Gasteiger partial charge in [-0.15, -0.1) is 0 Å². The van der Waals surface area contributed by atoms with Gasteiger partial charge in [-0.1, -0.05) is 23.4 Å². The second kappa shape index (κ2) is 5.68. The summed E-state index contributed by atoms with van der Waals surface area (Å²) in [6.07, 6.45) is 0. The van der Waals surface area contributed by atoms with E-state index in [0.717, 1.165) is 10.4 Å².